The van der Waals surface area contributed by atoms with Crippen molar-refractivity contribution in [3.05, 3.63) is 45.7 Å². The van der Waals surface area contributed by atoms with Crippen molar-refractivity contribution in [2.45, 2.75) is 32.6 Å². The molecule has 0 N–H and O–H groups in total. The van der Waals surface area contributed by atoms with Gasteiger partial charge in [-0.25, -0.2) is 4.39 Å². The summed E-state index contributed by atoms with van der Waals surface area (Å²) in [7, 11) is 0. The molecule has 1 aliphatic carbocycles. The Balaban J connectivity index is 2.07. The first-order valence-corrected chi connectivity index (χ1v) is 7.01. The second-order valence-corrected chi connectivity index (χ2v) is 5.90. The first kappa shape index (κ1) is 13.5. The fourth-order valence-corrected chi connectivity index (χ4v) is 2.74. The van der Waals surface area contributed by atoms with Crippen LogP contribution in [0.1, 0.15) is 31.7 Å². The minimum Gasteiger partial charge on any atom is -0.294 e. The fourth-order valence-electron chi connectivity index (χ4n) is 2.23. The molecule has 18 heavy (non-hydrogen) atoms. The average molecular weight is 311 g/mol. The molecule has 0 fully saturated rings. The van der Waals surface area contributed by atoms with E-state index in [0.717, 1.165) is 30.4 Å². The van der Waals surface area contributed by atoms with Gasteiger partial charge in [0.25, 0.3) is 0 Å². The second-order valence-electron chi connectivity index (χ2n) is 4.99. The molecule has 2 rings (SSSR count). The minimum atomic E-state index is -0.307. The van der Waals surface area contributed by atoms with E-state index < -0.39 is 0 Å². The molecule has 0 radical (unpaired) electrons. The van der Waals surface area contributed by atoms with Crippen LogP contribution >= 0.6 is 15.9 Å². The van der Waals surface area contributed by atoms with Gasteiger partial charge in [-0.05, 0) is 54.5 Å². The zero-order valence-corrected chi connectivity index (χ0v) is 12.0. The average Bonchev–Trinajstić information content (AvgIpc) is 2.28. The number of hydrogen-bond acceptors (Lipinski definition) is 1. The maximum atomic E-state index is 13.2. The molecule has 1 atom stereocenters. The number of allylic oxidation sites excluding steroid dienone is 2. The van der Waals surface area contributed by atoms with E-state index in [-0.39, 0.29) is 18.0 Å². The molecule has 3 heteroatoms. The molecule has 0 saturated carbocycles. The van der Waals surface area contributed by atoms with Crippen LogP contribution in [0.2, 0.25) is 0 Å². The van der Waals surface area contributed by atoms with Gasteiger partial charge in [-0.15, -0.1) is 0 Å². The molecule has 96 valence electrons. The van der Waals surface area contributed by atoms with Crippen molar-refractivity contribution >= 4 is 21.7 Å². The molecule has 0 bridgehead atoms. The Morgan fingerprint density at radius 2 is 2.22 bits per heavy atom. The van der Waals surface area contributed by atoms with E-state index in [1.807, 2.05) is 6.08 Å². The molecule has 1 unspecified atom stereocenters. The van der Waals surface area contributed by atoms with Crippen LogP contribution in [0.5, 0.6) is 0 Å². The fraction of sp³-hybridized carbons (Fsp3) is 0.400. The van der Waals surface area contributed by atoms with Crippen molar-refractivity contribution in [1.82, 2.24) is 0 Å². The standard InChI is InChI=1S/C15H16BrFO/c1-10-2-4-12(5-3-10)15(18)8-11-6-13(16)9-14(17)7-11/h4,6-7,9-10H,2-3,5,8H2,1H3. The number of Topliss-reactive ketones (excluding diaryl/α,β-unsaturated/α-hetero) is 1. The van der Waals surface area contributed by atoms with E-state index in [0.29, 0.717) is 10.4 Å². The summed E-state index contributed by atoms with van der Waals surface area (Å²) >= 11 is 3.24. The normalized spacial score (nSPS) is 19.5. The van der Waals surface area contributed by atoms with E-state index in [4.69, 9.17) is 0 Å². The van der Waals surface area contributed by atoms with Gasteiger partial charge < -0.3 is 0 Å². The van der Waals surface area contributed by atoms with Gasteiger partial charge in [-0.2, -0.15) is 0 Å². The maximum Gasteiger partial charge on any atom is 0.162 e. The summed E-state index contributed by atoms with van der Waals surface area (Å²) in [5.74, 6) is 0.489. The van der Waals surface area contributed by atoms with Gasteiger partial charge in [-0.3, -0.25) is 4.79 Å². The molecule has 1 aromatic carbocycles. The van der Waals surface area contributed by atoms with Gasteiger partial charge in [0.1, 0.15) is 5.82 Å². The summed E-state index contributed by atoms with van der Waals surface area (Å²) in [6, 6.07) is 4.62. The van der Waals surface area contributed by atoms with E-state index in [9.17, 15) is 9.18 Å². The van der Waals surface area contributed by atoms with Gasteiger partial charge in [0.15, 0.2) is 5.78 Å². The minimum absolute atomic E-state index is 0.124. The number of carbonyl (C=O) groups excluding carboxylic acids is 1. The number of hydrogen-bond donors (Lipinski definition) is 0. The molecule has 1 aromatic rings. The largest absolute Gasteiger partial charge is 0.294 e. The highest BCUT2D eigenvalue weighted by molar-refractivity contribution is 9.10. The Kier molecular flexibility index (Phi) is 4.33. The van der Waals surface area contributed by atoms with Gasteiger partial charge in [0.05, 0.1) is 0 Å². The molecule has 1 aliphatic rings. The zero-order chi connectivity index (χ0) is 13.1. The molecular formula is C15H16BrFO. The highest BCUT2D eigenvalue weighted by Gasteiger charge is 2.16. The van der Waals surface area contributed by atoms with Crippen LogP contribution in [-0.2, 0) is 11.2 Å². The van der Waals surface area contributed by atoms with Gasteiger partial charge in [0.2, 0.25) is 0 Å². The van der Waals surface area contributed by atoms with Crippen molar-refractivity contribution in [3.8, 4) is 0 Å². The number of ketones is 1. The van der Waals surface area contributed by atoms with Crippen LogP contribution in [0.4, 0.5) is 4.39 Å². The molecule has 0 heterocycles. The summed E-state index contributed by atoms with van der Waals surface area (Å²) in [6.07, 6.45) is 5.25. The van der Waals surface area contributed by atoms with E-state index in [1.54, 1.807) is 6.07 Å². The Bertz CT molecular complexity index is 473. The lowest BCUT2D eigenvalue weighted by Gasteiger charge is -2.17. The molecular weight excluding hydrogens is 295 g/mol. The molecule has 0 aliphatic heterocycles. The summed E-state index contributed by atoms with van der Waals surface area (Å²) in [4.78, 5) is 12.1. The first-order chi connectivity index (χ1) is 8.54. The van der Waals surface area contributed by atoms with Gasteiger partial charge in [-0.1, -0.05) is 28.9 Å². The summed E-state index contributed by atoms with van der Waals surface area (Å²) in [5.41, 5.74) is 1.64. The first-order valence-electron chi connectivity index (χ1n) is 6.22. The third kappa shape index (κ3) is 3.52. The van der Waals surface area contributed by atoms with Gasteiger partial charge >= 0.3 is 0 Å². The number of halogens is 2. The molecule has 0 saturated heterocycles. The van der Waals surface area contributed by atoms with Crippen molar-refractivity contribution in [3.63, 3.8) is 0 Å². The molecule has 0 spiro atoms. The highest BCUT2D eigenvalue weighted by atomic mass is 79.9. The predicted molar refractivity (Wildman–Crippen MR) is 73.9 cm³/mol. The molecule has 1 nitrogen and oxygen atoms in total. The second kappa shape index (κ2) is 5.79. The van der Waals surface area contributed by atoms with Crippen LogP contribution in [-0.4, -0.2) is 5.78 Å². The predicted octanol–water partition coefficient (Wildman–Crippen LogP) is 4.45. The lowest BCUT2D eigenvalue weighted by molar-refractivity contribution is -0.115. The topological polar surface area (TPSA) is 17.1 Å². The third-order valence-corrected chi connectivity index (χ3v) is 3.78. The van der Waals surface area contributed by atoms with E-state index in [2.05, 4.69) is 22.9 Å². The number of benzene rings is 1. The lowest BCUT2D eigenvalue weighted by atomic mass is 9.88. The zero-order valence-electron chi connectivity index (χ0n) is 10.4. The van der Waals surface area contributed by atoms with Gasteiger partial charge in [0, 0.05) is 10.9 Å². The maximum absolute atomic E-state index is 13.2. The third-order valence-electron chi connectivity index (χ3n) is 3.32. The Labute approximate surface area is 115 Å². The summed E-state index contributed by atoms with van der Waals surface area (Å²) < 4.78 is 13.9. The monoisotopic (exact) mass is 310 g/mol. The SMILES string of the molecule is CC1CC=C(C(=O)Cc2cc(F)cc(Br)c2)CC1. The number of rotatable bonds is 3. The molecule has 0 aromatic heterocycles. The van der Waals surface area contributed by atoms with Crippen molar-refractivity contribution in [1.29, 1.82) is 0 Å². The van der Waals surface area contributed by atoms with Crippen molar-refractivity contribution in [2.75, 3.05) is 0 Å². The Morgan fingerprint density at radius 1 is 1.44 bits per heavy atom. The van der Waals surface area contributed by atoms with Crippen LogP contribution in [0.25, 0.3) is 0 Å². The Morgan fingerprint density at radius 3 is 2.83 bits per heavy atom. The van der Waals surface area contributed by atoms with Crippen LogP contribution < -0.4 is 0 Å². The number of carbonyl (C=O) groups is 1. The van der Waals surface area contributed by atoms with Crippen LogP contribution in [0.15, 0.2) is 34.3 Å². The summed E-state index contributed by atoms with van der Waals surface area (Å²) in [6.45, 7) is 2.20. The smallest absolute Gasteiger partial charge is 0.162 e. The Hall–Kier alpha value is -0.960. The quantitative estimate of drug-likeness (QED) is 0.806. The highest BCUT2D eigenvalue weighted by Crippen LogP contribution is 2.25. The van der Waals surface area contributed by atoms with E-state index in [1.165, 1.54) is 12.1 Å². The summed E-state index contributed by atoms with van der Waals surface area (Å²) in [5, 5.41) is 0. The lowest BCUT2D eigenvalue weighted by Crippen LogP contribution is -2.12. The molecule has 0 amide bonds. The van der Waals surface area contributed by atoms with Crippen LogP contribution in [0, 0.1) is 11.7 Å². The van der Waals surface area contributed by atoms with Crippen molar-refractivity contribution < 1.29 is 9.18 Å². The van der Waals surface area contributed by atoms with Crippen LogP contribution in [0.3, 0.4) is 0 Å². The van der Waals surface area contributed by atoms with Crippen molar-refractivity contribution in [2.24, 2.45) is 5.92 Å². The van der Waals surface area contributed by atoms with E-state index >= 15 is 0 Å².